The Morgan fingerprint density at radius 3 is 2.52 bits per heavy atom. The van der Waals surface area contributed by atoms with Crippen LogP contribution in [0.3, 0.4) is 0 Å². The number of carbonyl (C=O) groups is 1. The van der Waals surface area contributed by atoms with Gasteiger partial charge in [0.05, 0.1) is 16.1 Å². The van der Waals surface area contributed by atoms with E-state index in [-0.39, 0.29) is 23.1 Å². The maximum atomic E-state index is 13.7. The van der Waals surface area contributed by atoms with Gasteiger partial charge in [-0.05, 0) is 11.1 Å². The molecule has 1 aromatic heterocycles. The summed E-state index contributed by atoms with van der Waals surface area (Å²) in [4.78, 5) is 14.9. The summed E-state index contributed by atoms with van der Waals surface area (Å²) in [6.07, 6.45) is 0.0711. The molecule has 0 saturated carbocycles. The maximum absolute atomic E-state index is 13.7. The first-order valence-electron chi connectivity index (χ1n) is 6.67. The minimum atomic E-state index is -1.28. The number of carboxylic acid groups (broad SMARTS) is 1. The van der Waals surface area contributed by atoms with Gasteiger partial charge in [-0.15, -0.1) is 11.3 Å². The smallest absolute Gasteiger partial charge is 0.307 e. The number of nitrogens with zero attached hydrogens (tertiary/aromatic N) is 1. The summed E-state index contributed by atoms with van der Waals surface area (Å²) in [5, 5.41) is 9.31. The van der Waals surface area contributed by atoms with Crippen molar-refractivity contribution in [3.8, 4) is 0 Å². The van der Waals surface area contributed by atoms with Crippen LogP contribution in [0.2, 0.25) is 0 Å². The number of rotatable bonds is 4. The van der Waals surface area contributed by atoms with E-state index in [4.69, 9.17) is 5.11 Å². The van der Waals surface area contributed by atoms with Gasteiger partial charge in [0.1, 0.15) is 11.3 Å². The second-order valence-corrected chi connectivity index (χ2v) is 6.04. The van der Waals surface area contributed by atoms with Crippen molar-refractivity contribution in [3.63, 3.8) is 0 Å². The van der Waals surface area contributed by atoms with Crippen LogP contribution in [0.5, 0.6) is 0 Å². The molecule has 0 atom stereocenters. The Morgan fingerprint density at radius 2 is 1.83 bits per heavy atom. The van der Waals surface area contributed by atoms with E-state index >= 15 is 0 Å². The molecule has 0 aliphatic carbocycles. The number of carboxylic acids is 1. The molecule has 3 aromatic rings. The fourth-order valence-electron chi connectivity index (χ4n) is 2.33. The third kappa shape index (κ3) is 3.05. The molecule has 3 nitrogen and oxygen atoms in total. The highest BCUT2D eigenvalue weighted by atomic mass is 32.1. The van der Waals surface area contributed by atoms with Gasteiger partial charge in [0.25, 0.3) is 0 Å². The van der Waals surface area contributed by atoms with E-state index in [9.17, 15) is 18.0 Å². The van der Waals surface area contributed by atoms with Crippen LogP contribution in [0, 0.1) is 17.5 Å². The summed E-state index contributed by atoms with van der Waals surface area (Å²) >= 11 is 0.929. The molecule has 3 rings (SSSR count). The van der Waals surface area contributed by atoms with Crippen molar-refractivity contribution in [2.45, 2.75) is 12.8 Å². The van der Waals surface area contributed by atoms with E-state index in [0.717, 1.165) is 11.3 Å². The number of fused-ring (bicyclic) bond motifs is 1. The fraction of sp³-hybridized carbons (Fsp3) is 0.125. The minimum absolute atomic E-state index is 0.0467. The maximum Gasteiger partial charge on any atom is 0.307 e. The Morgan fingerprint density at radius 1 is 1.13 bits per heavy atom. The molecule has 2 aromatic carbocycles. The molecule has 0 unspecified atom stereocenters. The average Bonchev–Trinajstić information content (AvgIpc) is 2.91. The lowest BCUT2D eigenvalue weighted by Gasteiger charge is -2.05. The summed E-state index contributed by atoms with van der Waals surface area (Å²) in [6.45, 7) is 0. The van der Waals surface area contributed by atoms with E-state index in [2.05, 4.69) is 4.98 Å². The van der Waals surface area contributed by atoms with Gasteiger partial charge in [0.15, 0.2) is 11.6 Å². The van der Waals surface area contributed by atoms with Crippen LogP contribution in [0.25, 0.3) is 10.2 Å². The molecule has 0 bridgehead atoms. The number of halogens is 3. The van der Waals surface area contributed by atoms with Crippen LogP contribution >= 0.6 is 11.3 Å². The van der Waals surface area contributed by atoms with Gasteiger partial charge >= 0.3 is 5.97 Å². The van der Waals surface area contributed by atoms with Crippen LogP contribution < -0.4 is 0 Å². The first-order valence-corrected chi connectivity index (χ1v) is 7.49. The van der Waals surface area contributed by atoms with Gasteiger partial charge in [-0.25, -0.2) is 18.2 Å². The number of aliphatic carboxylic acids is 1. The molecular weight excluding hydrogens is 327 g/mol. The number of thiazole rings is 1. The normalized spacial score (nSPS) is 11.1. The van der Waals surface area contributed by atoms with Crippen molar-refractivity contribution in [1.29, 1.82) is 0 Å². The standard InChI is InChI=1S/C16H10F3NO2S/c17-10-7-11(18)16-15(14(10)19)20-12(23-16)5-8-3-1-2-4-9(8)6-13(21)22/h1-4,7H,5-6H2,(H,21,22). The van der Waals surface area contributed by atoms with E-state index in [0.29, 0.717) is 22.2 Å². The van der Waals surface area contributed by atoms with Crippen molar-refractivity contribution < 1.29 is 23.1 Å². The number of hydrogen-bond donors (Lipinski definition) is 1. The van der Waals surface area contributed by atoms with Crippen LogP contribution in [0.1, 0.15) is 16.1 Å². The molecule has 0 aliphatic heterocycles. The lowest BCUT2D eigenvalue weighted by atomic mass is 10.0. The SMILES string of the molecule is O=C(O)Cc1ccccc1Cc1nc2c(F)c(F)cc(F)c2s1. The Labute approximate surface area is 133 Å². The Hall–Kier alpha value is -2.41. The highest BCUT2D eigenvalue weighted by molar-refractivity contribution is 7.18. The third-order valence-electron chi connectivity index (χ3n) is 3.36. The summed E-state index contributed by atoms with van der Waals surface area (Å²) in [6, 6.07) is 7.37. The first kappa shape index (κ1) is 15.5. The third-order valence-corrected chi connectivity index (χ3v) is 4.42. The lowest BCUT2D eigenvalue weighted by molar-refractivity contribution is -0.136. The zero-order valence-electron chi connectivity index (χ0n) is 11.6. The first-order chi connectivity index (χ1) is 11.0. The number of hydrogen-bond acceptors (Lipinski definition) is 3. The van der Waals surface area contributed by atoms with Crippen LogP contribution in [0.4, 0.5) is 13.2 Å². The topological polar surface area (TPSA) is 50.2 Å². The largest absolute Gasteiger partial charge is 0.481 e. The monoisotopic (exact) mass is 337 g/mol. The van der Waals surface area contributed by atoms with Crippen molar-refractivity contribution >= 4 is 27.5 Å². The summed E-state index contributed by atoms with van der Waals surface area (Å²) in [5.41, 5.74) is 0.972. The van der Waals surface area contributed by atoms with Crippen molar-refractivity contribution in [2.75, 3.05) is 0 Å². The Bertz CT molecular complexity index is 908. The predicted molar refractivity (Wildman–Crippen MR) is 80.1 cm³/mol. The molecule has 23 heavy (non-hydrogen) atoms. The zero-order chi connectivity index (χ0) is 16.6. The summed E-state index contributed by atoms with van der Waals surface area (Å²) in [5.74, 6) is -4.29. The fourth-order valence-corrected chi connectivity index (χ4v) is 3.32. The van der Waals surface area contributed by atoms with Crippen LogP contribution in [-0.2, 0) is 17.6 Å². The molecule has 0 radical (unpaired) electrons. The summed E-state index contributed by atoms with van der Waals surface area (Å²) < 4.78 is 40.6. The lowest BCUT2D eigenvalue weighted by Crippen LogP contribution is -2.03. The van der Waals surface area contributed by atoms with E-state index in [1.54, 1.807) is 24.3 Å². The molecule has 0 saturated heterocycles. The molecule has 1 N–H and O–H groups in total. The molecular formula is C16H10F3NO2S. The molecule has 0 spiro atoms. The second-order valence-electron chi connectivity index (χ2n) is 4.96. The van der Waals surface area contributed by atoms with Gasteiger partial charge < -0.3 is 5.11 Å². The van der Waals surface area contributed by atoms with Crippen molar-refractivity contribution in [1.82, 2.24) is 4.98 Å². The number of aromatic nitrogens is 1. The molecule has 7 heteroatoms. The average molecular weight is 337 g/mol. The van der Waals surface area contributed by atoms with E-state index in [1.807, 2.05) is 0 Å². The van der Waals surface area contributed by atoms with Crippen LogP contribution in [0.15, 0.2) is 30.3 Å². The number of benzene rings is 2. The van der Waals surface area contributed by atoms with Crippen LogP contribution in [-0.4, -0.2) is 16.1 Å². The van der Waals surface area contributed by atoms with Gasteiger partial charge in [-0.1, -0.05) is 24.3 Å². The molecule has 0 aliphatic rings. The van der Waals surface area contributed by atoms with Gasteiger partial charge in [-0.2, -0.15) is 0 Å². The van der Waals surface area contributed by atoms with Gasteiger partial charge in [-0.3, -0.25) is 4.79 Å². The van der Waals surface area contributed by atoms with Crippen molar-refractivity contribution in [2.24, 2.45) is 0 Å². The summed E-state index contributed by atoms with van der Waals surface area (Å²) in [7, 11) is 0. The Kier molecular flexibility index (Phi) is 4.04. The molecule has 118 valence electrons. The zero-order valence-corrected chi connectivity index (χ0v) is 12.5. The predicted octanol–water partition coefficient (Wildman–Crippen LogP) is 3.93. The van der Waals surface area contributed by atoms with E-state index in [1.165, 1.54) is 0 Å². The molecule has 0 fully saturated rings. The molecule has 1 heterocycles. The van der Waals surface area contributed by atoms with E-state index < -0.39 is 23.4 Å². The highest BCUT2D eigenvalue weighted by Crippen LogP contribution is 2.30. The quantitative estimate of drug-likeness (QED) is 0.734. The van der Waals surface area contributed by atoms with Gasteiger partial charge in [0.2, 0.25) is 0 Å². The molecule has 0 amide bonds. The van der Waals surface area contributed by atoms with Gasteiger partial charge in [0, 0.05) is 12.5 Å². The Balaban J connectivity index is 2.01. The highest BCUT2D eigenvalue weighted by Gasteiger charge is 2.18. The second kappa shape index (κ2) is 6.00. The van der Waals surface area contributed by atoms with Crippen molar-refractivity contribution in [3.05, 3.63) is 63.9 Å². The minimum Gasteiger partial charge on any atom is -0.481 e.